The van der Waals surface area contributed by atoms with Gasteiger partial charge in [0.25, 0.3) is 0 Å². The normalized spacial score (nSPS) is 22.6. The molecule has 23 heavy (non-hydrogen) atoms. The molecule has 0 aliphatic carbocycles. The highest BCUT2D eigenvalue weighted by molar-refractivity contribution is 6.31. The molecule has 0 aromatic heterocycles. The standard InChI is InChI=1S/C17H23ClN2O2.ClH/c1-12-7-15(4-5-16(12)18)22-6-2-3-17(21)20-10-13-8-19-9-14(13)11-20;/h4-5,7,13-14,19H,2-3,6,8-11H2,1H3;1H/t13-,14+;. The molecule has 0 bridgehead atoms. The minimum atomic E-state index is 0. The van der Waals surface area contributed by atoms with Gasteiger partial charge in [0.05, 0.1) is 6.61 Å². The number of halogens is 2. The van der Waals surface area contributed by atoms with Gasteiger partial charge in [0.15, 0.2) is 0 Å². The van der Waals surface area contributed by atoms with Gasteiger partial charge in [-0.15, -0.1) is 12.4 Å². The van der Waals surface area contributed by atoms with Crippen LogP contribution in [0.15, 0.2) is 18.2 Å². The van der Waals surface area contributed by atoms with Crippen LogP contribution in [0.3, 0.4) is 0 Å². The molecule has 3 rings (SSSR count). The van der Waals surface area contributed by atoms with E-state index in [1.807, 2.05) is 30.0 Å². The fourth-order valence-corrected chi connectivity index (χ4v) is 3.46. The maximum absolute atomic E-state index is 12.2. The number of aryl methyl sites for hydroxylation is 1. The molecule has 1 N–H and O–H groups in total. The van der Waals surface area contributed by atoms with Crippen molar-refractivity contribution in [2.45, 2.75) is 19.8 Å². The van der Waals surface area contributed by atoms with Gasteiger partial charge in [0.1, 0.15) is 5.75 Å². The van der Waals surface area contributed by atoms with Gasteiger partial charge in [-0.2, -0.15) is 0 Å². The smallest absolute Gasteiger partial charge is 0.222 e. The van der Waals surface area contributed by atoms with E-state index in [4.69, 9.17) is 16.3 Å². The summed E-state index contributed by atoms with van der Waals surface area (Å²) in [7, 11) is 0. The van der Waals surface area contributed by atoms with Gasteiger partial charge in [-0.3, -0.25) is 4.79 Å². The Morgan fingerprint density at radius 1 is 1.35 bits per heavy atom. The topological polar surface area (TPSA) is 41.6 Å². The fraction of sp³-hybridized carbons (Fsp3) is 0.588. The average Bonchev–Trinajstić information content (AvgIpc) is 3.08. The molecular formula is C17H24Cl2N2O2. The van der Waals surface area contributed by atoms with E-state index in [0.29, 0.717) is 24.9 Å². The molecule has 2 heterocycles. The maximum Gasteiger partial charge on any atom is 0.222 e. The van der Waals surface area contributed by atoms with Crippen molar-refractivity contribution in [2.24, 2.45) is 11.8 Å². The Morgan fingerprint density at radius 3 is 2.70 bits per heavy atom. The quantitative estimate of drug-likeness (QED) is 0.822. The van der Waals surface area contributed by atoms with Crippen molar-refractivity contribution in [1.82, 2.24) is 10.2 Å². The first-order valence-corrected chi connectivity index (χ1v) is 8.38. The summed E-state index contributed by atoms with van der Waals surface area (Å²) in [4.78, 5) is 14.2. The SMILES string of the molecule is Cc1cc(OCCCC(=O)N2C[C@H]3CNC[C@H]3C2)ccc1Cl.Cl. The lowest BCUT2D eigenvalue weighted by Gasteiger charge is -2.17. The van der Waals surface area contributed by atoms with E-state index < -0.39 is 0 Å². The molecule has 1 aromatic carbocycles. The third kappa shape index (κ3) is 4.52. The van der Waals surface area contributed by atoms with Crippen LogP contribution in [0.2, 0.25) is 5.02 Å². The molecule has 6 heteroatoms. The Morgan fingerprint density at radius 2 is 2.04 bits per heavy atom. The summed E-state index contributed by atoms with van der Waals surface area (Å²) in [6, 6.07) is 5.64. The minimum absolute atomic E-state index is 0. The third-order valence-corrected chi connectivity index (χ3v) is 5.10. The Kier molecular flexibility index (Phi) is 6.57. The summed E-state index contributed by atoms with van der Waals surface area (Å²) in [6.07, 6.45) is 1.32. The van der Waals surface area contributed by atoms with Crippen molar-refractivity contribution < 1.29 is 9.53 Å². The average molecular weight is 359 g/mol. The zero-order chi connectivity index (χ0) is 15.5. The summed E-state index contributed by atoms with van der Waals surface area (Å²) < 4.78 is 5.69. The van der Waals surface area contributed by atoms with Crippen molar-refractivity contribution in [3.8, 4) is 5.75 Å². The Labute approximate surface area is 148 Å². The van der Waals surface area contributed by atoms with E-state index in [1.54, 1.807) is 0 Å². The van der Waals surface area contributed by atoms with Crippen LogP contribution >= 0.6 is 24.0 Å². The zero-order valence-electron chi connectivity index (χ0n) is 13.4. The lowest BCUT2D eigenvalue weighted by Crippen LogP contribution is -2.31. The number of hydrogen-bond acceptors (Lipinski definition) is 3. The van der Waals surface area contributed by atoms with E-state index in [1.165, 1.54) is 0 Å². The lowest BCUT2D eigenvalue weighted by molar-refractivity contribution is -0.130. The van der Waals surface area contributed by atoms with Crippen LogP contribution in [0.4, 0.5) is 0 Å². The summed E-state index contributed by atoms with van der Waals surface area (Å²) >= 11 is 5.99. The number of carbonyl (C=O) groups excluding carboxylic acids is 1. The number of nitrogens with zero attached hydrogens (tertiary/aromatic N) is 1. The predicted octanol–water partition coefficient (Wildman–Crippen LogP) is 2.91. The minimum Gasteiger partial charge on any atom is -0.494 e. The molecule has 128 valence electrons. The highest BCUT2D eigenvalue weighted by Gasteiger charge is 2.37. The van der Waals surface area contributed by atoms with Gasteiger partial charge in [0.2, 0.25) is 5.91 Å². The van der Waals surface area contributed by atoms with Crippen LogP contribution in [-0.4, -0.2) is 43.6 Å². The third-order valence-electron chi connectivity index (χ3n) is 4.68. The number of ether oxygens (including phenoxy) is 1. The van der Waals surface area contributed by atoms with E-state index in [9.17, 15) is 4.79 Å². The molecule has 2 saturated heterocycles. The van der Waals surface area contributed by atoms with Crippen LogP contribution in [0.5, 0.6) is 5.75 Å². The first-order valence-electron chi connectivity index (χ1n) is 8.01. The Hall–Kier alpha value is -0.970. The summed E-state index contributed by atoms with van der Waals surface area (Å²) in [5, 5.41) is 4.14. The molecule has 0 unspecified atom stereocenters. The molecule has 2 fully saturated rings. The molecule has 1 amide bonds. The predicted molar refractivity (Wildman–Crippen MR) is 94.6 cm³/mol. The number of amides is 1. The van der Waals surface area contributed by atoms with Crippen molar-refractivity contribution in [3.05, 3.63) is 28.8 Å². The van der Waals surface area contributed by atoms with Crippen LogP contribution < -0.4 is 10.1 Å². The molecule has 2 aliphatic heterocycles. The van der Waals surface area contributed by atoms with Gasteiger partial charge >= 0.3 is 0 Å². The van der Waals surface area contributed by atoms with Crippen molar-refractivity contribution in [1.29, 1.82) is 0 Å². The van der Waals surface area contributed by atoms with E-state index >= 15 is 0 Å². The highest BCUT2D eigenvalue weighted by atomic mass is 35.5. The second kappa shape index (κ2) is 8.22. The number of fused-ring (bicyclic) bond motifs is 1. The number of likely N-dealkylation sites (tertiary alicyclic amines) is 1. The monoisotopic (exact) mass is 358 g/mol. The molecule has 0 spiro atoms. The molecule has 0 radical (unpaired) electrons. The Balaban J connectivity index is 0.00000192. The molecule has 2 aliphatic rings. The molecular weight excluding hydrogens is 335 g/mol. The van der Waals surface area contributed by atoms with Crippen LogP contribution in [-0.2, 0) is 4.79 Å². The Bertz CT molecular complexity index is 541. The van der Waals surface area contributed by atoms with Gasteiger partial charge in [-0.1, -0.05) is 11.6 Å². The second-order valence-corrected chi connectivity index (χ2v) is 6.75. The van der Waals surface area contributed by atoms with Crippen LogP contribution in [0.25, 0.3) is 0 Å². The van der Waals surface area contributed by atoms with Crippen molar-refractivity contribution >= 4 is 29.9 Å². The van der Waals surface area contributed by atoms with E-state index in [0.717, 1.165) is 48.9 Å². The molecule has 4 nitrogen and oxygen atoms in total. The second-order valence-electron chi connectivity index (χ2n) is 6.34. The highest BCUT2D eigenvalue weighted by Crippen LogP contribution is 2.27. The van der Waals surface area contributed by atoms with Crippen LogP contribution in [0, 0.1) is 18.8 Å². The van der Waals surface area contributed by atoms with Crippen molar-refractivity contribution in [2.75, 3.05) is 32.8 Å². The zero-order valence-corrected chi connectivity index (χ0v) is 15.0. The summed E-state index contributed by atoms with van der Waals surface area (Å²) in [6.45, 7) is 6.50. The number of benzene rings is 1. The number of hydrogen-bond donors (Lipinski definition) is 1. The molecule has 2 atom stereocenters. The maximum atomic E-state index is 12.2. The van der Waals surface area contributed by atoms with Gasteiger partial charge in [0, 0.05) is 37.6 Å². The number of carbonyl (C=O) groups is 1. The number of nitrogens with one attached hydrogen (secondary N) is 1. The number of rotatable bonds is 5. The first-order chi connectivity index (χ1) is 10.6. The van der Waals surface area contributed by atoms with Crippen LogP contribution in [0.1, 0.15) is 18.4 Å². The largest absolute Gasteiger partial charge is 0.494 e. The van der Waals surface area contributed by atoms with Gasteiger partial charge in [-0.05, 0) is 48.9 Å². The molecule has 1 aromatic rings. The van der Waals surface area contributed by atoms with Gasteiger partial charge in [-0.25, -0.2) is 0 Å². The van der Waals surface area contributed by atoms with Crippen molar-refractivity contribution in [3.63, 3.8) is 0 Å². The lowest BCUT2D eigenvalue weighted by atomic mass is 10.0. The molecule has 0 saturated carbocycles. The van der Waals surface area contributed by atoms with Gasteiger partial charge < -0.3 is 15.0 Å². The summed E-state index contributed by atoms with van der Waals surface area (Å²) in [5.74, 6) is 2.41. The first kappa shape index (κ1) is 18.4. The summed E-state index contributed by atoms with van der Waals surface area (Å²) in [5.41, 5.74) is 1.01. The van der Waals surface area contributed by atoms with E-state index in [-0.39, 0.29) is 18.3 Å². The fourth-order valence-electron chi connectivity index (χ4n) is 3.34. The van der Waals surface area contributed by atoms with E-state index in [2.05, 4.69) is 5.32 Å².